The number of hydrogen-bond donors (Lipinski definition) is 0. The Kier molecular flexibility index (Phi) is 2.33. The van der Waals surface area contributed by atoms with Crippen LogP contribution in [0.1, 0.15) is 0 Å². The molecule has 0 aliphatic heterocycles. The Balaban J connectivity index is 2.33. The summed E-state index contributed by atoms with van der Waals surface area (Å²) in [7, 11) is 1.62. The third-order valence-electron chi connectivity index (χ3n) is 2.01. The minimum atomic E-state index is 0.283. The molecule has 0 spiro atoms. The van der Waals surface area contributed by atoms with Crippen LogP contribution in [0.15, 0.2) is 36.5 Å². The van der Waals surface area contributed by atoms with Crippen LogP contribution in [0, 0.1) is 5.39 Å². The van der Waals surface area contributed by atoms with E-state index in [9.17, 15) is 0 Å². The van der Waals surface area contributed by atoms with Crippen LogP contribution in [-0.2, 0) is 0 Å². The number of rotatable bonds is 2. The molecule has 1 aromatic heterocycles. The summed E-state index contributed by atoms with van der Waals surface area (Å²) >= 11 is 0. The molecule has 0 unspecified atom stereocenters. The van der Waals surface area contributed by atoms with E-state index in [-0.39, 0.29) is 5.82 Å². The van der Waals surface area contributed by atoms with Gasteiger partial charge in [-0.15, -0.1) is 4.68 Å². The van der Waals surface area contributed by atoms with E-state index < -0.39 is 0 Å². The SMILES string of the molecule is COc1ccc(-n2ccc([N+]#N)n2)cc1. The highest BCUT2D eigenvalue weighted by Crippen LogP contribution is 2.16. The Hall–Kier alpha value is -2.35. The van der Waals surface area contributed by atoms with Crippen LogP contribution in [0.3, 0.4) is 0 Å². The second kappa shape index (κ2) is 3.80. The number of diazo groups is 1. The largest absolute Gasteiger partial charge is 0.497 e. The van der Waals surface area contributed by atoms with Gasteiger partial charge in [0.1, 0.15) is 5.75 Å². The van der Waals surface area contributed by atoms with E-state index >= 15 is 0 Å². The number of ether oxygens (including phenoxy) is 1. The van der Waals surface area contributed by atoms with Crippen molar-refractivity contribution in [3.05, 3.63) is 41.5 Å². The van der Waals surface area contributed by atoms with Crippen LogP contribution in [0.25, 0.3) is 10.7 Å². The second-order valence-corrected chi connectivity index (χ2v) is 2.92. The van der Waals surface area contributed by atoms with Crippen LogP contribution in [0.4, 0.5) is 5.82 Å². The summed E-state index contributed by atoms with van der Waals surface area (Å²) in [6.07, 6.45) is 1.72. The molecule has 74 valence electrons. The zero-order chi connectivity index (χ0) is 10.7. The average Bonchev–Trinajstić information content (AvgIpc) is 2.78. The monoisotopic (exact) mass is 201 g/mol. The first-order valence-corrected chi connectivity index (χ1v) is 4.38. The maximum atomic E-state index is 8.51. The molecule has 0 fully saturated rings. The van der Waals surface area contributed by atoms with Gasteiger partial charge in [0.2, 0.25) is 0 Å². The van der Waals surface area contributed by atoms with Gasteiger partial charge in [-0.25, -0.2) is 0 Å². The van der Waals surface area contributed by atoms with Crippen molar-refractivity contribution < 1.29 is 4.74 Å². The molecular weight excluding hydrogens is 192 g/mol. The van der Waals surface area contributed by atoms with Crippen molar-refractivity contribution in [2.24, 2.45) is 0 Å². The van der Waals surface area contributed by atoms with E-state index in [2.05, 4.69) is 10.1 Å². The van der Waals surface area contributed by atoms with Crippen molar-refractivity contribution in [1.29, 1.82) is 5.39 Å². The normalized spacial score (nSPS) is 9.60. The van der Waals surface area contributed by atoms with Gasteiger partial charge >= 0.3 is 5.82 Å². The molecule has 0 atom stereocenters. The van der Waals surface area contributed by atoms with Gasteiger partial charge < -0.3 is 4.74 Å². The van der Waals surface area contributed by atoms with E-state index in [0.29, 0.717) is 0 Å². The molecule has 0 aliphatic carbocycles. The van der Waals surface area contributed by atoms with E-state index in [4.69, 9.17) is 10.1 Å². The Bertz CT molecular complexity index is 495. The predicted molar refractivity (Wildman–Crippen MR) is 54.9 cm³/mol. The van der Waals surface area contributed by atoms with Gasteiger partial charge in [0, 0.05) is 4.98 Å². The molecule has 2 aromatic rings. The molecule has 1 heterocycles. The average molecular weight is 201 g/mol. The summed E-state index contributed by atoms with van der Waals surface area (Å²) in [6.45, 7) is 0. The Morgan fingerprint density at radius 1 is 1.27 bits per heavy atom. The highest BCUT2D eigenvalue weighted by atomic mass is 16.5. The van der Waals surface area contributed by atoms with Crippen molar-refractivity contribution in [3.63, 3.8) is 0 Å². The molecule has 5 nitrogen and oxygen atoms in total. The lowest BCUT2D eigenvalue weighted by molar-refractivity contribution is 0.414. The maximum absolute atomic E-state index is 8.51. The first-order valence-electron chi connectivity index (χ1n) is 4.38. The lowest BCUT2D eigenvalue weighted by atomic mass is 10.3. The standard InChI is InChI=1S/C10H9N4O/c1-15-9-4-2-8(3-5-9)14-7-6-10(12-11)13-14/h2-7H,1H3/q+1. The van der Waals surface area contributed by atoms with Crippen LogP contribution < -0.4 is 4.74 Å². The zero-order valence-corrected chi connectivity index (χ0v) is 8.16. The first kappa shape index (κ1) is 9.21. The predicted octanol–water partition coefficient (Wildman–Crippen LogP) is 2.37. The summed E-state index contributed by atoms with van der Waals surface area (Å²) in [5.41, 5.74) is 0.880. The van der Waals surface area contributed by atoms with Crippen molar-refractivity contribution in [3.8, 4) is 11.4 Å². The lowest BCUT2D eigenvalue weighted by Crippen LogP contribution is -1.93. The van der Waals surface area contributed by atoms with Crippen molar-refractivity contribution >= 4 is 5.82 Å². The van der Waals surface area contributed by atoms with Gasteiger partial charge in [-0.05, 0) is 24.3 Å². The number of hydrogen-bond acceptors (Lipinski definition) is 3. The smallest absolute Gasteiger partial charge is 0.488 e. The summed E-state index contributed by atoms with van der Waals surface area (Å²) in [5.74, 6) is 1.07. The van der Waals surface area contributed by atoms with E-state index in [1.807, 2.05) is 24.3 Å². The molecule has 0 radical (unpaired) electrons. The third-order valence-corrected chi connectivity index (χ3v) is 2.01. The molecule has 5 heteroatoms. The minimum Gasteiger partial charge on any atom is -0.497 e. The number of methoxy groups -OCH3 is 1. The van der Waals surface area contributed by atoms with Crippen LogP contribution in [0.2, 0.25) is 0 Å². The summed E-state index contributed by atoms with van der Waals surface area (Å²) in [5, 5.41) is 12.5. The van der Waals surface area contributed by atoms with Crippen molar-refractivity contribution in [2.45, 2.75) is 0 Å². The summed E-state index contributed by atoms with van der Waals surface area (Å²) in [6, 6.07) is 9.03. The Labute approximate surface area is 86.5 Å². The minimum absolute atomic E-state index is 0.283. The molecule has 0 saturated carbocycles. The van der Waals surface area contributed by atoms with E-state index in [1.165, 1.54) is 0 Å². The topological polar surface area (TPSA) is 55.2 Å². The highest BCUT2D eigenvalue weighted by molar-refractivity contribution is 5.40. The van der Waals surface area contributed by atoms with E-state index in [1.54, 1.807) is 24.1 Å². The Morgan fingerprint density at radius 3 is 2.53 bits per heavy atom. The molecule has 2 rings (SSSR count). The highest BCUT2D eigenvalue weighted by Gasteiger charge is 2.10. The Morgan fingerprint density at radius 2 is 2.00 bits per heavy atom. The molecule has 0 N–H and O–H groups in total. The molecule has 0 amide bonds. The fourth-order valence-corrected chi connectivity index (χ4v) is 1.25. The van der Waals surface area contributed by atoms with Crippen molar-refractivity contribution in [1.82, 2.24) is 9.78 Å². The summed E-state index contributed by atoms with van der Waals surface area (Å²) < 4.78 is 6.66. The number of benzene rings is 1. The zero-order valence-electron chi connectivity index (χ0n) is 8.16. The van der Waals surface area contributed by atoms with Crippen LogP contribution in [0.5, 0.6) is 5.75 Å². The van der Waals surface area contributed by atoms with E-state index in [0.717, 1.165) is 11.4 Å². The van der Waals surface area contributed by atoms with Gasteiger partial charge in [0.15, 0.2) is 0 Å². The second-order valence-electron chi connectivity index (χ2n) is 2.92. The molecular formula is C10H9N4O+. The summed E-state index contributed by atoms with van der Waals surface area (Å²) in [4.78, 5) is 2.99. The molecule has 1 aromatic carbocycles. The molecule has 0 aliphatic rings. The fourth-order valence-electron chi connectivity index (χ4n) is 1.25. The maximum Gasteiger partial charge on any atom is 0.488 e. The van der Waals surface area contributed by atoms with Gasteiger partial charge in [-0.3, -0.25) is 0 Å². The van der Waals surface area contributed by atoms with Gasteiger partial charge in [-0.2, -0.15) is 0 Å². The van der Waals surface area contributed by atoms with Gasteiger partial charge in [0.05, 0.1) is 35.6 Å². The van der Waals surface area contributed by atoms with Crippen LogP contribution in [-0.4, -0.2) is 16.9 Å². The molecule has 0 saturated heterocycles. The van der Waals surface area contributed by atoms with Crippen LogP contribution >= 0.6 is 0 Å². The quantitative estimate of drug-likeness (QED) is 0.701. The molecule has 0 bridgehead atoms. The lowest BCUT2D eigenvalue weighted by Gasteiger charge is -1.99. The van der Waals surface area contributed by atoms with Gasteiger partial charge in [0.25, 0.3) is 0 Å². The van der Waals surface area contributed by atoms with Gasteiger partial charge in [-0.1, -0.05) is 0 Å². The first-order chi connectivity index (χ1) is 7.33. The number of nitrogens with zero attached hydrogens (tertiary/aromatic N) is 4. The number of aromatic nitrogens is 2. The molecule has 15 heavy (non-hydrogen) atoms. The third kappa shape index (κ3) is 1.79. The van der Waals surface area contributed by atoms with Crippen molar-refractivity contribution in [2.75, 3.05) is 7.11 Å². The fraction of sp³-hybridized carbons (Fsp3) is 0.100.